The third-order valence-electron chi connectivity index (χ3n) is 3.93. The van der Waals surface area contributed by atoms with E-state index in [0.29, 0.717) is 12.1 Å². The highest BCUT2D eigenvalue weighted by Crippen LogP contribution is 2.29. The van der Waals surface area contributed by atoms with Crippen molar-refractivity contribution >= 4 is 15.9 Å². The second kappa shape index (κ2) is 8.16. The fraction of sp³-hybridized carbons (Fsp3) is 0.647. The molecule has 0 amide bonds. The molecule has 1 fully saturated rings. The average Bonchev–Trinajstić information content (AvgIpc) is 2.47. The van der Waals surface area contributed by atoms with Crippen molar-refractivity contribution in [2.45, 2.75) is 64.3 Å². The molecule has 3 nitrogen and oxygen atoms in total. The lowest BCUT2D eigenvalue weighted by atomic mass is 9.95. The van der Waals surface area contributed by atoms with E-state index in [0.717, 1.165) is 36.0 Å². The molecule has 0 saturated heterocycles. The molecule has 1 saturated carbocycles. The van der Waals surface area contributed by atoms with E-state index in [9.17, 15) is 0 Å². The van der Waals surface area contributed by atoms with E-state index in [-0.39, 0.29) is 6.10 Å². The van der Waals surface area contributed by atoms with Crippen LogP contribution >= 0.6 is 15.9 Å². The Bertz CT molecular complexity index is 450. The molecule has 2 atom stereocenters. The first-order chi connectivity index (χ1) is 10.1. The van der Waals surface area contributed by atoms with Crippen LogP contribution in [0.3, 0.4) is 0 Å². The molecule has 0 aliphatic heterocycles. The Labute approximate surface area is 136 Å². The van der Waals surface area contributed by atoms with Gasteiger partial charge in [0, 0.05) is 36.2 Å². The molecule has 21 heavy (non-hydrogen) atoms. The van der Waals surface area contributed by atoms with Crippen molar-refractivity contribution in [3.63, 3.8) is 0 Å². The van der Waals surface area contributed by atoms with Crippen LogP contribution < -0.4 is 10.1 Å². The van der Waals surface area contributed by atoms with Crippen LogP contribution in [0.4, 0.5) is 0 Å². The normalized spacial score (nSPS) is 22.5. The Morgan fingerprint density at radius 2 is 2.05 bits per heavy atom. The van der Waals surface area contributed by atoms with E-state index in [1.807, 2.05) is 6.07 Å². The molecule has 0 spiro atoms. The number of hydrogen-bond donors (Lipinski definition) is 1. The van der Waals surface area contributed by atoms with Crippen LogP contribution in [0.25, 0.3) is 0 Å². The quantitative estimate of drug-likeness (QED) is 0.825. The lowest BCUT2D eigenvalue weighted by molar-refractivity contribution is 0.0206. The monoisotopic (exact) mass is 355 g/mol. The highest BCUT2D eigenvalue weighted by Gasteiger charge is 2.23. The Hall–Kier alpha value is -0.580. The average molecular weight is 356 g/mol. The van der Waals surface area contributed by atoms with E-state index in [1.54, 1.807) is 7.11 Å². The van der Waals surface area contributed by atoms with Gasteiger partial charge in [0.25, 0.3) is 0 Å². The SMILES string of the molecule is COC1CCCC(Oc2ccc(Br)cc2CNC(C)C)C1. The van der Waals surface area contributed by atoms with Crippen molar-refractivity contribution in [1.29, 1.82) is 0 Å². The minimum absolute atomic E-state index is 0.266. The molecule has 1 aromatic carbocycles. The van der Waals surface area contributed by atoms with Gasteiger partial charge in [-0.3, -0.25) is 0 Å². The van der Waals surface area contributed by atoms with Crippen LogP contribution in [0.1, 0.15) is 45.1 Å². The lowest BCUT2D eigenvalue weighted by Crippen LogP contribution is -2.30. The van der Waals surface area contributed by atoms with Gasteiger partial charge in [0.15, 0.2) is 0 Å². The summed E-state index contributed by atoms with van der Waals surface area (Å²) in [7, 11) is 1.80. The first kappa shape index (κ1) is 16.8. The molecule has 118 valence electrons. The summed E-state index contributed by atoms with van der Waals surface area (Å²) in [6, 6.07) is 6.72. The smallest absolute Gasteiger partial charge is 0.124 e. The summed E-state index contributed by atoms with van der Waals surface area (Å²) in [5.74, 6) is 0.994. The third kappa shape index (κ3) is 5.28. The Morgan fingerprint density at radius 1 is 1.29 bits per heavy atom. The molecule has 1 N–H and O–H groups in total. The molecule has 1 aromatic rings. The fourth-order valence-electron chi connectivity index (χ4n) is 2.72. The maximum Gasteiger partial charge on any atom is 0.124 e. The third-order valence-corrected chi connectivity index (χ3v) is 4.42. The van der Waals surface area contributed by atoms with Crippen LogP contribution in [-0.4, -0.2) is 25.4 Å². The molecule has 0 radical (unpaired) electrons. The molecule has 4 heteroatoms. The molecule has 1 aliphatic carbocycles. The predicted molar refractivity (Wildman–Crippen MR) is 89.8 cm³/mol. The molecule has 1 aliphatic rings. The zero-order chi connectivity index (χ0) is 15.2. The summed E-state index contributed by atoms with van der Waals surface area (Å²) >= 11 is 3.55. The van der Waals surface area contributed by atoms with Gasteiger partial charge >= 0.3 is 0 Å². The maximum absolute atomic E-state index is 6.26. The Balaban J connectivity index is 2.04. The molecule has 0 bridgehead atoms. The van der Waals surface area contributed by atoms with Gasteiger partial charge in [-0.25, -0.2) is 0 Å². The summed E-state index contributed by atoms with van der Waals surface area (Å²) in [5, 5.41) is 3.46. The second-order valence-electron chi connectivity index (χ2n) is 6.05. The highest BCUT2D eigenvalue weighted by atomic mass is 79.9. The summed E-state index contributed by atoms with van der Waals surface area (Å²) in [4.78, 5) is 0. The lowest BCUT2D eigenvalue weighted by Gasteiger charge is -2.29. The van der Waals surface area contributed by atoms with Gasteiger partial charge in [-0.05, 0) is 37.5 Å². The van der Waals surface area contributed by atoms with Crippen molar-refractivity contribution in [3.05, 3.63) is 28.2 Å². The largest absolute Gasteiger partial charge is 0.490 e. The van der Waals surface area contributed by atoms with E-state index in [1.165, 1.54) is 12.0 Å². The van der Waals surface area contributed by atoms with Gasteiger partial charge in [-0.1, -0.05) is 29.8 Å². The summed E-state index contributed by atoms with van der Waals surface area (Å²) in [6.07, 6.45) is 5.05. The van der Waals surface area contributed by atoms with Gasteiger partial charge in [-0.15, -0.1) is 0 Å². The number of ether oxygens (including phenoxy) is 2. The number of methoxy groups -OCH3 is 1. The number of halogens is 1. The van der Waals surface area contributed by atoms with Gasteiger partial charge in [-0.2, -0.15) is 0 Å². The molecule has 2 unspecified atom stereocenters. The van der Waals surface area contributed by atoms with Crippen LogP contribution in [0, 0.1) is 0 Å². The first-order valence-electron chi connectivity index (χ1n) is 7.79. The zero-order valence-corrected chi connectivity index (χ0v) is 14.8. The van der Waals surface area contributed by atoms with Crippen LogP contribution in [0.5, 0.6) is 5.75 Å². The molecule has 2 rings (SSSR count). The van der Waals surface area contributed by atoms with Crippen LogP contribution in [0.15, 0.2) is 22.7 Å². The van der Waals surface area contributed by atoms with E-state index in [2.05, 4.69) is 47.2 Å². The van der Waals surface area contributed by atoms with Crippen molar-refractivity contribution in [2.75, 3.05) is 7.11 Å². The zero-order valence-electron chi connectivity index (χ0n) is 13.2. The van der Waals surface area contributed by atoms with Gasteiger partial charge in [0.05, 0.1) is 6.10 Å². The topological polar surface area (TPSA) is 30.5 Å². The minimum atomic E-state index is 0.266. The van der Waals surface area contributed by atoms with Crippen molar-refractivity contribution in [2.24, 2.45) is 0 Å². The molecular weight excluding hydrogens is 330 g/mol. The second-order valence-corrected chi connectivity index (χ2v) is 6.97. The van der Waals surface area contributed by atoms with Crippen molar-refractivity contribution in [1.82, 2.24) is 5.32 Å². The van der Waals surface area contributed by atoms with Gasteiger partial charge in [0.2, 0.25) is 0 Å². The number of rotatable bonds is 6. The summed E-state index contributed by atoms with van der Waals surface area (Å²) in [6.45, 7) is 5.14. The maximum atomic E-state index is 6.26. The van der Waals surface area contributed by atoms with Crippen molar-refractivity contribution in [3.8, 4) is 5.75 Å². The summed E-state index contributed by atoms with van der Waals surface area (Å²) < 4.78 is 12.8. The standard InChI is InChI=1S/C17H26BrNO2/c1-12(2)19-11-13-9-14(18)7-8-17(13)21-16-6-4-5-15(10-16)20-3/h7-9,12,15-16,19H,4-6,10-11H2,1-3H3. The Morgan fingerprint density at radius 3 is 2.76 bits per heavy atom. The number of hydrogen-bond acceptors (Lipinski definition) is 3. The molecule has 0 heterocycles. The van der Waals surface area contributed by atoms with Crippen molar-refractivity contribution < 1.29 is 9.47 Å². The van der Waals surface area contributed by atoms with E-state index in [4.69, 9.17) is 9.47 Å². The first-order valence-corrected chi connectivity index (χ1v) is 8.59. The number of nitrogens with one attached hydrogen (secondary N) is 1. The van der Waals surface area contributed by atoms with Gasteiger partial charge < -0.3 is 14.8 Å². The predicted octanol–water partition coefficient (Wildman–Crippen LogP) is 4.28. The molecule has 0 aromatic heterocycles. The highest BCUT2D eigenvalue weighted by molar-refractivity contribution is 9.10. The van der Waals surface area contributed by atoms with Crippen LogP contribution in [-0.2, 0) is 11.3 Å². The molecular formula is C17H26BrNO2. The van der Waals surface area contributed by atoms with Gasteiger partial charge in [0.1, 0.15) is 11.9 Å². The van der Waals surface area contributed by atoms with E-state index >= 15 is 0 Å². The number of benzene rings is 1. The Kier molecular flexibility index (Phi) is 6.52. The van der Waals surface area contributed by atoms with E-state index < -0.39 is 0 Å². The minimum Gasteiger partial charge on any atom is -0.490 e. The van der Waals surface area contributed by atoms with Crippen LogP contribution in [0.2, 0.25) is 0 Å². The summed E-state index contributed by atoms with van der Waals surface area (Å²) in [5.41, 5.74) is 1.21. The fourth-order valence-corrected chi connectivity index (χ4v) is 3.13.